The van der Waals surface area contributed by atoms with Gasteiger partial charge in [-0.05, 0) is 12.1 Å². The zero-order chi connectivity index (χ0) is 9.30. The molecule has 1 aromatic carbocycles. The van der Waals surface area contributed by atoms with Gasteiger partial charge in [-0.15, -0.1) is 0 Å². The Morgan fingerprint density at radius 2 is 2.00 bits per heavy atom. The second-order valence-electron chi connectivity index (χ2n) is 2.03. The summed E-state index contributed by atoms with van der Waals surface area (Å²) in [7, 11) is 0. The molecule has 0 aliphatic heterocycles. The first kappa shape index (κ1) is 8.93. The molecule has 0 saturated carbocycles. The van der Waals surface area contributed by atoms with E-state index in [2.05, 4.69) is 0 Å². The zero-order valence-electron chi connectivity index (χ0n) is 5.64. The first-order valence-corrected chi connectivity index (χ1v) is 3.28. The van der Waals surface area contributed by atoms with Crippen LogP contribution in [0.4, 0.5) is 8.78 Å². The van der Waals surface area contributed by atoms with Gasteiger partial charge in [0, 0.05) is 0 Å². The molecule has 0 atom stereocenters. The van der Waals surface area contributed by atoms with Crippen LogP contribution in [0.2, 0.25) is 5.02 Å². The number of halogens is 3. The molecule has 1 aromatic rings. The maximum Gasteiger partial charge on any atom is 0.338 e. The maximum atomic E-state index is 12.8. The fourth-order valence-electron chi connectivity index (χ4n) is 0.691. The molecule has 0 aliphatic rings. The van der Waals surface area contributed by atoms with E-state index in [1.54, 1.807) is 0 Å². The highest BCUT2D eigenvalue weighted by Crippen LogP contribution is 2.21. The van der Waals surface area contributed by atoms with Crippen LogP contribution >= 0.6 is 11.6 Å². The molecule has 0 spiro atoms. The summed E-state index contributed by atoms with van der Waals surface area (Å²) >= 11 is 5.11. The van der Waals surface area contributed by atoms with Crippen molar-refractivity contribution in [3.8, 4) is 0 Å². The molecule has 0 heterocycles. The van der Waals surface area contributed by atoms with E-state index in [-0.39, 0.29) is 0 Å². The summed E-state index contributed by atoms with van der Waals surface area (Å²) < 4.78 is 25.2. The Bertz CT molecular complexity index is 338. The lowest BCUT2D eigenvalue weighted by Gasteiger charge is -1.99. The van der Waals surface area contributed by atoms with Crippen LogP contribution in [0.3, 0.4) is 0 Å². The maximum absolute atomic E-state index is 12.8. The van der Waals surface area contributed by atoms with Crippen molar-refractivity contribution >= 4 is 17.6 Å². The Morgan fingerprint density at radius 1 is 1.42 bits per heavy atom. The molecule has 1 N–H and O–H groups in total. The molecular weight excluding hydrogens is 190 g/mol. The normalized spacial score (nSPS) is 9.92. The van der Waals surface area contributed by atoms with Gasteiger partial charge >= 0.3 is 5.97 Å². The van der Waals surface area contributed by atoms with Crippen LogP contribution in [-0.2, 0) is 0 Å². The summed E-state index contributed by atoms with van der Waals surface area (Å²) in [5.74, 6) is -3.70. The van der Waals surface area contributed by atoms with Crippen LogP contribution in [0.5, 0.6) is 0 Å². The second-order valence-corrected chi connectivity index (χ2v) is 2.41. The van der Waals surface area contributed by atoms with Gasteiger partial charge in [0.2, 0.25) is 0 Å². The van der Waals surface area contributed by atoms with Gasteiger partial charge in [0.05, 0.1) is 5.56 Å². The van der Waals surface area contributed by atoms with Crippen molar-refractivity contribution < 1.29 is 18.7 Å². The molecule has 0 bridgehead atoms. The van der Waals surface area contributed by atoms with E-state index < -0.39 is 28.2 Å². The lowest BCUT2D eigenvalue weighted by molar-refractivity contribution is 0.0692. The van der Waals surface area contributed by atoms with Crippen molar-refractivity contribution in [3.05, 3.63) is 34.4 Å². The predicted molar refractivity (Wildman–Crippen MR) is 38.3 cm³/mol. The molecule has 0 unspecified atom stereocenters. The van der Waals surface area contributed by atoms with E-state index in [4.69, 9.17) is 16.7 Å². The smallest absolute Gasteiger partial charge is 0.338 e. The number of hydrogen-bond acceptors (Lipinski definition) is 1. The van der Waals surface area contributed by atoms with E-state index >= 15 is 0 Å². The molecule has 0 amide bonds. The fraction of sp³-hybridized carbons (Fsp3) is 0. The Morgan fingerprint density at radius 3 is 2.50 bits per heavy atom. The van der Waals surface area contributed by atoms with Gasteiger partial charge in [-0.1, -0.05) is 11.6 Å². The van der Waals surface area contributed by atoms with Gasteiger partial charge in [0.25, 0.3) is 0 Å². The number of hydrogen-bond donors (Lipinski definition) is 1. The summed E-state index contributed by atoms with van der Waals surface area (Å²) in [6.45, 7) is 0. The molecule has 0 radical (unpaired) electrons. The Balaban J connectivity index is 3.36. The minimum atomic E-state index is -1.48. The molecule has 2 nitrogen and oxygen atoms in total. The van der Waals surface area contributed by atoms with Crippen molar-refractivity contribution in [2.45, 2.75) is 0 Å². The van der Waals surface area contributed by atoms with Crippen LogP contribution in [0.25, 0.3) is 0 Å². The van der Waals surface area contributed by atoms with Gasteiger partial charge in [-0.2, -0.15) is 0 Å². The number of rotatable bonds is 1. The summed E-state index contributed by atoms with van der Waals surface area (Å²) in [5.41, 5.74) is -0.638. The third-order valence-corrected chi connectivity index (χ3v) is 1.61. The molecule has 1 rings (SSSR count). The zero-order valence-corrected chi connectivity index (χ0v) is 6.40. The van der Waals surface area contributed by atoms with Crippen molar-refractivity contribution in [2.24, 2.45) is 0 Å². The second kappa shape index (κ2) is 3.06. The topological polar surface area (TPSA) is 37.3 Å². The summed E-state index contributed by atoms with van der Waals surface area (Å²) in [4.78, 5) is 10.3. The van der Waals surface area contributed by atoms with Gasteiger partial charge in [-0.3, -0.25) is 0 Å². The highest BCUT2D eigenvalue weighted by atomic mass is 35.5. The number of aromatic carboxylic acids is 1. The van der Waals surface area contributed by atoms with Crippen LogP contribution in [-0.4, -0.2) is 11.1 Å². The summed E-state index contributed by atoms with van der Waals surface area (Å²) in [6.07, 6.45) is 0. The molecule has 0 aromatic heterocycles. The standard InChI is InChI=1S/C7H3ClF2O2/c8-5-4(9)2-1-3(6(5)10)7(11)12/h1-2H,(H,11,12). The van der Waals surface area contributed by atoms with E-state index in [1.165, 1.54) is 0 Å². The van der Waals surface area contributed by atoms with Crippen molar-refractivity contribution in [1.29, 1.82) is 0 Å². The monoisotopic (exact) mass is 192 g/mol. The summed E-state index contributed by atoms with van der Waals surface area (Å²) in [5, 5.41) is 7.56. The Hall–Kier alpha value is -1.16. The average molecular weight is 193 g/mol. The van der Waals surface area contributed by atoms with E-state index in [1.807, 2.05) is 0 Å². The third-order valence-electron chi connectivity index (χ3n) is 1.27. The minimum Gasteiger partial charge on any atom is -0.478 e. The third kappa shape index (κ3) is 1.38. The first-order chi connectivity index (χ1) is 5.54. The largest absolute Gasteiger partial charge is 0.478 e. The van der Waals surface area contributed by atoms with Crippen LogP contribution in [0.15, 0.2) is 12.1 Å². The average Bonchev–Trinajstić information content (AvgIpc) is 2.00. The van der Waals surface area contributed by atoms with Gasteiger partial charge in [0.15, 0.2) is 5.82 Å². The minimum absolute atomic E-state index is 0.638. The van der Waals surface area contributed by atoms with Crippen molar-refractivity contribution in [1.82, 2.24) is 0 Å². The van der Waals surface area contributed by atoms with Crippen molar-refractivity contribution in [3.63, 3.8) is 0 Å². The molecule has 0 aliphatic carbocycles. The fourth-order valence-corrected chi connectivity index (χ4v) is 0.856. The van der Waals surface area contributed by atoms with Crippen LogP contribution < -0.4 is 0 Å². The first-order valence-electron chi connectivity index (χ1n) is 2.91. The summed E-state index contributed by atoms with van der Waals surface area (Å²) in [6, 6.07) is 1.62. The number of benzene rings is 1. The molecule has 12 heavy (non-hydrogen) atoms. The number of carbonyl (C=O) groups is 1. The van der Waals surface area contributed by atoms with Gasteiger partial charge < -0.3 is 5.11 Å². The van der Waals surface area contributed by atoms with Gasteiger partial charge in [0.1, 0.15) is 10.8 Å². The number of carboxylic acids is 1. The lowest BCUT2D eigenvalue weighted by Crippen LogP contribution is -2.01. The molecule has 0 saturated heterocycles. The van der Waals surface area contributed by atoms with E-state index in [9.17, 15) is 13.6 Å². The van der Waals surface area contributed by atoms with Gasteiger partial charge in [-0.25, -0.2) is 13.6 Å². The highest BCUT2D eigenvalue weighted by Gasteiger charge is 2.15. The lowest BCUT2D eigenvalue weighted by atomic mass is 10.2. The Kier molecular flexibility index (Phi) is 2.28. The SMILES string of the molecule is O=C(O)c1ccc(F)c(Cl)c1F. The Labute approximate surface area is 71.4 Å². The molecule has 5 heteroatoms. The quantitative estimate of drug-likeness (QED) is 0.694. The van der Waals surface area contributed by atoms with E-state index in [0.29, 0.717) is 0 Å². The number of carboxylic acid groups (broad SMARTS) is 1. The molecular formula is C7H3ClF2O2. The molecule has 64 valence electrons. The predicted octanol–water partition coefficient (Wildman–Crippen LogP) is 2.32. The van der Waals surface area contributed by atoms with Crippen LogP contribution in [0, 0.1) is 11.6 Å². The van der Waals surface area contributed by atoms with E-state index in [0.717, 1.165) is 12.1 Å². The van der Waals surface area contributed by atoms with Crippen LogP contribution in [0.1, 0.15) is 10.4 Å². The van der Waals surface area contributed by atoms with Crippen molar-refractivity contribution in [2.75, 3.05) is 0 Å². The highest BCUT2D eigenvalue weighted by molar-refractivity contribution is 6.31. The molecule has 0 fully saturated rings.